The number of para-hydroxylation sites is 3. The lowest BCUT2D eigenvalue weighted by Gasteiger charge is -2.41. The molecule has 0 saturated heterocycles. The number of hydrogen-bond donors (Lipinski definition) is 1. The fourth-order valence-electron chi connectivity index (χ4n) is 12.0. The Bertz CT molecular complexity index is 3850. The number of imidazole rings is 1. The summed E-state index contributed by atoms with van der Waals surface area (Å²) in [5.74, 6) is 1.78. The van der Waals surface area contributed by atoms with Crippen molar-refractivity contribution in [2.45, 2.75) is 67.7 Å². The van der Waals surface area contributed by atoms with Crippen molar-refractivity contribution in [3.05, 3.63) is 214 Å². The smallest absolute Gasteiger partial charge is 0.147 e. The van der Waals surface area contributed by atoms with E-state index in [-0.39, 0.29) is 5.41 Å². The molecule has 0 fully saturated rings. The van der Waals surface area contributed by atoms with Crippen LogP contribution in [0.3, 0.4) is 0 Å². The average molecular weight is 894 g/mol. The van der Waals surface area contributed by atoms with Crippen LogP contribution in [0.2, 0.25) is 0 Å². The van der Waals surface area contributed by atoms with E-state index in [0.29, 0.717) is 0 Å². The second kappa shape index (κ2) is 15.8. The first kappa shape index (κ1) is 42.3. The molecule has 3 aromatic heterocycles. The van der Waals surface area contributed by atoms with Crippen molar-refractivity contribution >= 4 is 50.0 Å². The van der Waals surface area contributed by atoms with Gasteiger partial charge in [0.05, 0.1) is 27.9 Å². The summed E-state index contributed by atoms with van der Waals surface area (Å²) in [6.45, 7) is 20.2. The van der Waals surface area contributed by atoms with E-state index in [0.717, 1.165) is 78.6 Å². The van der Waals surface area contributed by atoms with Crippen molar-refractivity contribution in [1.82, 2.24) is 19.5 Å². The molecule has 0 unspecified atom stereocenters. The molecule has 0 bridgehead atoms. The summed E-state index contributed by atoms with van der Waals surface area (Å²) in [6, 6.07) is 58.1. The molecule has 8 aromatic carbocycles. The van der Waals surface area contributed by atoms with Gasteiger partial charge in [-0.15, -0.1) is 0 Å². The molecule has 0 atom stereocenters. The number of pyridine rings is 1. The number of H-pyrrole nitrogens is 1. The lowest BCUT2D eigenvalue weighted by molar-refractivity contribution is 0.631. The molecule has 4 heterocycles. The summed E-state index contributed by atoms with van der Waals surface area (Å²) >= 11 is 0. The van der Waals surface area contributed by atoms with E-state index < -0.39 is 0 Å². The van der Waals surface area contributed by atoms with Gasteiger partial charge in [-0.2, -0.15) is 0 Å². The van der Waals surface area contributed by atoms with E-state index >= 15 is 0 Å². The Labute approximate surface area is 404 Å². The highest BCUT2D eigenvalue weighted by molar-refractivity contribution is 6.18. The summed E-state index contributed by atoms with van der Waals surface area (Å²) in [5, 5.41) is 2.42. The standard InChI is InChI=1S/C64H55N5/c1-37-29-40(4)58(41(5)30-37)45-27-28-65-57(36-45)69-54-22-16-14-20-51(54)64(8,9)52-26-23-44(35-55(52)69)50-33-39(3)34-56-61(50)67-63(68(56)46-17-11-10-12-18-46)49-25-24-48(59-42(6)31-38(2)32-43(59)7)60-47-19-13-15-21-53(47)66-62(49)60/h10-36,66H,1-9H3. The Morgan fingerprint density at radius 3 is 1.90 bits per heavy atom. The van der Waals surface area contributed by atoms with Gasteiger partial charge >= 0.3 is 0 Å². The SMILES string of the molecule is Cc1cc(C)c(-c2ccnc(N3c4ccccc4C(C)(C)c4ccc(-c5cc(C)cc6c5nc(-c5ccc(-c7c(C)cc(C)cc7C)c7c5[nH]c5ccccc57)n6-c5ccccc5)cc43)c2)c(C)c1. The Balaban J connectivity index is 1.10. The maximum absolute atomic E-state index is 5.78. The van der Waals surface area contributed by atoms with Crippen LogP contribution in [0.1, 0.15) is 63.9 Å². The Hall–Kier alpha value is -8.02. The molecule has 1 aliphatic rings. The van der Waals surface area contributed by atoms with Crippen molar-refractivity contribution in [3.8, 4) is 50.5 Å². The molecule has 336 valence electrons. The molecule has 0 aliphatic carbocycles. The van der Waals surface area contributed by atoms with Gasteiger partial charge in [-0.05, 0) is 176 Å². The van der Waals surface area contributed by atoms with Gasteiger partial charge < -0.3 is 4.98 Å². The van der Waals surface area contributed by atoms with E-state index in [9.17, 15) is 0 Å². The number of anilines is 3. The Morgan fingerprint density at radius 2 is 1.14 bits per heavy atom. The highest BCUT2D eigenvalue weighted by Gasteiger charge is 2.38. The molecular weight excluding hydrogens is 839 g/mol. The topological polar surface area (TPSA) is 49.7 Å². The quantitative estimate of drug-likeness (QED) is 0.181. The van der Waals surface area contributed by atoms with Crippen LogP contribution in [0.5, 0.6) is 0 Å². The van der Waals surface area contributed by atoms with E-state index in [1.807, 2.05) is 6.20 Å². The van der Waals surface area contributed by atoms with Crippen LogP contribution in [0.25, 0.3) is 83.3 Å². The van der Waals surface area contributed by atoms with Crippen molar-refractivity contribution in [2.24, 2.45) is 0 Å². The number of rotatable bonds is 6. The molecule has 0 spiro atoms. The maximum Gasteiger partial charge on any atom is 0.147 e. The van der Waals surface area contributed by atoms with Crippen molar-refractivity contribution < 1.29 is 0 Å². The van der Waals surface area contributed by atoms with Crippen LogP contribution in [-0.2, 0) is 5.41 Å². The number of aryl methyl sites for hydroxylation is 7. The van der Waals surface area contributed by atoms with E-state index in [1.54, 1.807) is 0 Å². The summed E-state index contributed by atoms with van der Waals surface area (Å²) < 4.78 is 2.36. The second-order valence-corrected chi connectivity index (χ2v) is 20.0. The minimum absolute atomic E-state index is 0.264. The number of nitrogens with one attached hydrogen (secondary N) is 1. The molecule has 0 amide bonds. The monoisotopic (exact) mass is 893 g/mol. The van der Waals surface area contributed by atoms with Gasteiger partial charge in [-0.1, -0.05) is 122 Å². The normalized spacial score (nSPS) is 13.1. The predicted octanol–water partition coefficient (Wildman–Crippen LogP) is 17.0. The number of nitrogens with zero attached hydrogens (tertiary/aromatic N) is 4. The number of hydrogen-bond acceptors (Lipinski definition) is 3. The Kier molecular flexibility index (Phi) is 9.68. The molecule has 0 saturated carbocycles. The van der Waals surface area contributed by atoms with Gasteiger partial charge in [0, 0.05) is 44.7 Å². The zero-order valence-corrected chi connectivity index (χ0v) is 40.9. The third-order valence-electron chi connectivity index (χ3n) is 14.7. The van der Waals surface area contributed by atoms with Gasteiger partial charge in [0.2, 0.25) is 0 Å². The van der Waals surface area contributed by atoms with E-state index in [1.165, 1.54) is 72.0 Å². The first-order chi connectivity index (χ1) is 33.3. The molecule has 69 heavy (non-hydrogen) atoms. The largest absolute Gasteiger partial charge is 0.354 e. The van der Waals surface area contributed by atoms with Crippen molar-refractivity contribution in [1.29, 1.82) is 0 Å². The molecule has 1 aliphatic heterocycles. The highest BCUT2D eigenvalue weighted by atomic mass is 15.2. The van der Waals surface area contributed by atoms with Crippen LogP contribution < -0.4 is 4.90 Å². The first-order valence-electron chi connectivity index (χ1n) is 24.1. The molecule has 5 heteroatoms. The van der Waals surface area contributed by atoms with Crippen LogP contribution >= 0.6 is 0 Å². The highest BCUT2D eigenvalue weighted by Crippen LogP contribution is 2.53. The summed E-state index contributed by atoms with van der Waals surface area (Å²) in [4.78, 5) is 17.2. The first-order valence-corrected chi connectivity index (χ1v) is 24.1. The lowest BCUT2D eigenvalue weighted by Crippen LogP contribution is -2.31. The van der Waals surface area contributed by atoms with Gasteiger partial charge in [0.1, 0.15) is 11.6 Å². The minimum Gasteiger partial charge on any atom is -0.354 e. The molecule has 11 aromatic rings. The van der Waals surface area contributed by atoms with E-state index in [4.69, 9.17) is 9.97 Å². The van der Waals surface area contributed by atoms with Crippen LogP contribution in [-0.4, -0.2) is 19.5 Å². The Morgan fingerprint density at radius 1 is 0.507 bits per heavy atom. The molecule has 12 rings (SSSR count). The summed E-state index contributed by atoms with van der Waals surface area (Å²) in [7, 11) is 0. The number of aromatic amines is 1. The van der Waals surface area contributed by atoms with Gasteiger partial charge in [0.25, 0.3) is 0 Å². The minimum atomic E-state index is -0.264. The average Bonchev–Trinajstić information content (AvgIpc) is 3.91. The van der Waals surface area contributed by atoms with Crippen LogP contribution in [0.4, 0.5) is 17.2 Å². The van der Waals surface area contributed by atoms with Crippen molar-refractivity contribution in [3.63, 3.8) is 0 Å². The van der Waals surface area contributed by atoms with Crippen LogP contribution in [0.15, 0.2) is 164 Å². The van der Waals surface area contributed by atoms with Gasteiger partial charge in [-0.3, -0.25) is 9.47 Å². The fraction of sp³-hybridized carbons (Fsp3) is 0.156. The zero-order valence-electron chi connectivity index (χ0n) is 40.9. The molecular formula is C64H55N5. The summed E-state index contributed by atoms with van der Waals surface area (Å²) in [6.07, 6.45) is 1.97. The number of benzene rings is 8. The number of aromatic nitrogens is 4. The van der Waals surface area contributed by atoms with E-state index in [2.05, 4.69) is 234 Å². The molecule has 1 N–H and O–H groups in total. The third kappa shape index (κ3) is 6.66. The third-order valence-corrected chi connectivity index (χ3v) is 14.7. The molecule has 5 nitrogen and oxygen atoms in total. The second-order valence-electron chi connectivity index (χ2n) is 20.0. The van der Waals surface area contributed by atoms with Gasteiger partial charge in [-0.25, -0.2) is 9.97 Å². The lowest BCUT2D eigenvalue weighted by atomic mass is 9.73. The van der Waals surface area contributed by atoms with Gasteiger partial charge in [0.15, 0.2) is 0 Å². The predicted molar refractivity (Wildman–Crippen MR) is 290 cm³/mol. The fourth-order valence-corrected chi connectivity index (χ4v) is 12.0. The van der Waals surface area contributed by atoms with Crippen LogP contribution in [0, 0.1) is 48.5 Å². The summed E-state index contributed by atoms with van der Waals surface area (Å²) in [5.41, 5.74) is 26.7. The zero-order chi connectivity index (χ0) is 47.5. The molecule has 0 radical (unpaired) electrons. The maximum atomic E-state index is 5.78. The number of fused-ring (bicyclic) bond motifs is 6. The van der Waals surface area contributed by atoms with Crippen molar-refractivity contribution in [2.75, 3.05) is 4.90 Å².